The average Bonchev–Trinajstić information content (AvgIpc) is 3.13. The normalized spacial score (nSPS) is 17.1. The van der Waals surface area contributed by atoms with Gasteiger partial charge in [-0.2, -0.15) is 5.10 Å². The second-order valence-electron chi connectivity index (χ2n) is 7.16. The Morgan fingerprint density at radius 3 is 2.85 bits per heavy atom. The van der Waals surface area contributed by atoms with Crippen LogP contribution in [0.4, 0.5) is 0 Å². The molecule has 1 amide bonds. The molecule has 0 aliphatic carbocycles. The molecule has 1 unspecified atom stereocenters. The number of aryl methyl sites for hydroxylation is 2. The van der Waals surface area contributed by atoms with Gasteiger partial charge in [-0.15, -0.1) is 0 Å². The number of nitrogens with zero attached hydrogens (tertiary/aromatic N) is 4. The summed E-state index contributed by atoms with van der Waals surface area (Å²) < 4.78 is 0. The number of hydrogen-bond acceptors (Lipinski definition) is 4. The first-order valence-corrected chi connectivity index (χ1v) is 9.30. The number of aromatic amines is 1. The Bertz CT molecular complexity index is 964. The molecule has 1 N–H and O–H groups in total. The van der Waals surface area contributed by atoms with Crippen molar-refractivity contribution in [2.75, 3.05) is 13.1 Å². The summed E-state index contributed by atoms with van der Waals surface area (Å²) >= 11 is 0. The van der Waals surface area contributed by atoms with E-state index >= 15 is 0 Å². The van der Waals surface area contributed by atoms with Crippen LogP contribution in [0.2, 0.25) is 0 Å². The van der Waals surface area contributed by atoms with Gasteiger partial charge >= 0.3 is 0 Å². The highest BCUT2D eigenvalue weighted by molar-refractivity contribution is 5.95. The smallest absolute Gasteiger partial charge is 0.257 e. The van der Waals surface area contributed by atoms with Crippen LogP contribution in [0.1, 0.15) is 46.1 Å². The maximum atomic E-state index is 12.9. The summed E-state index contributed by atoms with van der Waals surface area (Å²) in [6, 6.07) is 8.32. The third-order valence-electron chi connectivity index (χ3n) is 5.17. The van der Waals surface area contributed by atoms with Crippen LogP contribution >= 0.6 is 0 Å². The first kappa shape index (κ1) is 17.4. The van der Waals surface area contributed by atoms with E-state index in [1.165, 1.54) is 5.56 Å². The van der Waals surface area contributed by atoms with Crippen molar-refractivity contribution in [2.24, 2.45) is 0 Å². The Labute approximate surface area is 158 Å². The molecule has 0 bridgehead atoms. The van der Waals surface area contributed by atoms with Gasteiger partial charge in [0.25, 0.3) is 5.91 Å². The van der Waals surface area contributed by atoms with Gasteiger partial charge in [-0.1, -0.05) is 23.8 Å². The summed E-state index contributed by atoms with van der Waals surface area (Å²) in [5.41, 5.74) is 5.62. The summed E-state index contributed by atoms with van der Waals surface area (Å²) in [6.45, 7) is 5.37. The number of nitrogens with one attached hydrogen (secondary N) is 1. The van der Waals surface area contributed by atoms with Crippen LogP contribution in [0.5, 0.6) is 0 Å². The third kappa shape index (κ3) is 3.47. The van der Waals surface area contributed by atoms with Crippen LogP contribution < -0.4 is 0 Å². The Morgan fingerprint density at radius 1 is 1.22 bits per heavy atom. The van der Waals surface area contributed by atoms with E-state index in [2.05, 4.69) is 45.3 Å². The molecular weight excluding hydrogens is 338 g/mol. The largest absolute Gasteiger partial charge is 0.338 e. The molecule has 0 radical (unpaired) electrons. The lowest BCUT2D eigenvalue weighted by Crippen LogP contribution is -2.39. The molecule has 1 aliphatic heterocycles. The molecule has 6 nitrogen and oxygen atoms in total. The Morgan fingerprint density at radius 2 is 2.07 bits per heavy atom. The highest BCUT2D eigenvalue weighted by Crippen LogP contribution is 2.32. The predicted octanol–water partition coefficient (Wildman–Crippen LogP) is 3.50. The summed E-state index contributed by atoms with van der Waals surface area (Å²) in [7, 11) is 0. The minimum Gasteiger partial charge on any atom is -0.338 e. The van der Waals surface area contributed by atoms with E-state index in [-0.39, 0.29) is 11.8 Å². The van der Waals surface area contributed by atoms with Crippen molar-refractivity contribution in [3.05, 3.63) is 65.4 Å². The van der Waals surface area contributed by atoms with Crippen LogP contribution in [0.25, 0.3) is 11.3 Å². The van der Waals surface area contributed by atoms with Gasteiger partial charge in [0.2, 0.25) is 0 Å². The van der Waals surface area contributed by atoms with Gasteiger partial charge in [0.05, 0.1) is 23.1 Å². The molecule has 1 aromatic carbocycles. The number of carbonyl (C=O) groups excluding carboxylic acids is 1. The molecule has 6 heteroatoms. The van der Waals surface area contributed by atoms with Crippen molar-refractivity contribution in [2.45, 2.75) is 32.6 Å². The SMILES string of the molecule is Cc1cccc(-c2nccnc2C2CCCN(C(=O)c3cn[nH]c3C)C2)c1. The lowest BCUT2D eigenvalue weighted by molar-refractivity contribution is 0.0705. The van der Waals surface area contributed by atoms with Crippen LogP contribution in [0.15, 0.2) is 42.9 Å². The van der Waals surface area contributed by atoms with Crippen LogP contribution in [0, 0.1) is 13.8 Å². The Hall–Kier alpha value is -3.02. The van der Waals surface area contributed by atoms with E-state index in [4.69, 9.17) is 0 Å². The highest BCUT2D eigenvalue weighted by atomic mass is 16.2. The molecule has 2 aromatic heterocycles. The number of piperidine rings is 1. The van der Waals surface area contributed by atoms with E-state index in [1.807, 2.05) is 17.9 Å². The molecule has 0 spiro atoms. The van der Waals surface area contributed by atoms with E-state index in [0.29, 0.717) is 12.1 Å². The van der Waals surface area contributed by atoms with E-state index in [1.54, 1.807) is 18.6 Å². The molecule has 1 saturated heterocycles. The number of amides is 1. The van der Waals surface area contributed by atoms with Crippen molar-refractivity contribution in [1.82, 2.24) is 25.1 Å². The van der Waals surface area contributed by atoms with Crippen molar-refractivity contribution in [3.8, 4) is 11.3 Å². The maximum Gasteiger partial charge on any atom is 0.257 e. The highest BCUT2D eigenvalue weighted by Gasteiger charge is 2.29. The van der Waals surface area contributed by atoms with E-state index in [0.717, 1.165) is 42.0 Å². The number of H-pyrrole nitrogens is 1. The van der Waals surface area contributed by atoms with Crippen molar-refractivity contribution in [3.63, 3.8) is 0 Å². The number of carbonyl (C=O) groups is 1. The van der Waals surface area contributed by atoms with E-state index < -0.39 is 0 Å². The summed E-state index contributed by atoms with van der Waals surface area (Å²) in [4.78, 5) is 24.1. The minimum absolute atomic E-state index is 0.0342. The fraction of sp³-hybridized carbons (Fsp3) is 0.333. The molecule has 1 atom stereocenters. The predicted molar refractivity (Wildman–Crippen MR) is 103 cm³/mol. The van der Waals surface area contributed by atoms with Crippen molar-refractivity contribution < 1.29 is 4.79 Å². The molecule has 1 fully saturated rings. The molecule has 3 heterocycles. The van der Waals surface area contributed by atoms with Gasteiger partial charge in [0.15, 0.2) is 0 Å². The van der Waals surface area contributed by atoms with Gasteiger partial charge in [-0.05, 0) is 32.8 Å². The van der Waals surface area contributed by atoms with Crippen LogP contribution in [-0.2, 0) is 0 Å². The molecular formula is C21H23N5O. The zero-order valence-corrected chi connectivity index (χ0v) is 15.6. The lowest BCUT2D eigenvalue weighted by Gasteiger charge is -2.33. The zero-order chi connectivity index (χ0) is 18.8. The number of aromatic nitrogens is 4. The average molecular weight is 361 g/mol. The van der Waals surface area contributed by atoms with Gasteiger partial charge in [-0.3, -0.25) is 19.9 Å². The molecule has 0 saturated carbocycles. The quantitative estimate of drug-likeness (QED) is 0.775. The molecule has 1 aliphatic rings. The standard InChI is InChI=1S/C21H23N5O/c1-14-5-3-6-16(11-14)19-20(23-9-8-22-19)17-7-4-10-26(13-17)21(27)18-12-24-25-15(18)2/h3,5-6,8-9,11-12,17H,4,7,10,13H2,1-2H3,(H,24,25). The fourth-order valence-corrected chi connectivity index (χ4v) is 3.78. The first-order chi connectivity index (χ1) is 13.1. The number of benzene rings is 1. The number of rotatable bonds is 3. The molecule has 27 heavy (non-hydrogen) atoms. The maximum absolute atomic E-state index is 12.9. The van der Waals surface area contributed by atoms with Gasteiger partial charge < -0.3 is 4.90 Å². The first-order valence-electron chi connectivity index (χ1n) is 9.30. The van der Waals surface area contributed by atoms with Crippen molar-refractivity contribution >= 4 is 5.91 Å². The van der Waals surface area contributed by atoms with Gasteiger partial charge in [-0.25, -0.2) is 0 Å². The fourth-order valence-electron chi connectivity index (χ4n) is 3.78. The topological polar surface area (TPSA) is 74.8 Å². The van der Waals surface area contributed by atoms with Crippen LogP contribution in [0.3, 0.4) is 0 Å². The van der Waals surface area contributed by atoms with Gasteiger partial charge in [0, 0.05) is 42.7 Å². The van der Waals surface area contributed by atoms with E-state index in [9.17, 15) is 4.79 Å². The summed E-state index contributed by atoms with van der Waals surface area (Å²) in [6.07, 6.45) is 7.06. The van der Waals surface area contributed by atoms with Gasteiger partial charge in [0.1, 0.15) is 0 Å². The Kier molecular flexibility index (Phi) is 4.71. The second-order valence-corrected chi connectivity index (χ2v) is 7.16. The van der Waals surface area contributed by atoms with Crippen molar-refractivity contribution in [1.29, 1.82) is 0 Å². The Balaban J connectivity index is 1.63. The zero-order valence-electron chi connectivity index (χ0n) is 15.6. The third-order valence-corrected chi connectivity index (χ3v) is 5.17. The molecule has 138 valence electrons. The summed E-state index contributed by atoms with van der Waals surface area (Å²) in [5, 5.41) is 6.83. The lowest BCUT2D eigenvalue weighted by atomic mass is 9.91. The van der Waals surface area contributed by atoms with Crippen LogP contribution in [-0.4, -0.2) is 44.1 Å². The second kappa shape index (κ2) is 7.31. The molecule has 3 aromatic rings. The summed E-state index contributed by atoms with van der Waals surface area (Å²) in [5.74, 6) is 0.214. The number of likely N-dealkylation sites (tertiary alicyclic amines) is 1. The monoisotopic (exact) mass is 361 g/mol. The number of hydrogen-bond donors (Lipinski definition) is 1. The molecule has 4 rings (SSSR count). The minimum atomic E-state index is 0.0342.